The van der Waals surface area contributed by atoms with Crippen molar-refractivity contribution in [1.82, 2.24) is 5.32 Å². The fourth-order valence-electron chi connectivity index (χ4n) is 1.10. The summed E-state index contributed by atoms with van der Waals surface area (Å²) in [4.78, 5) is 22.7. The smallest absolute Gasteiger partial charge is 0.292 e. The summed E-state index contributed by atoms with van der Waals surface area (Å²) in [6.45, 7) is 3.38. The Hall–Kier alpha value is -1.78. The van der Waals surface area contributed by atoms with Crippen molar-refractivity contribution >= 4 is 11.7 Å². The van der Waals surface area contributed by atoms with Crippen molar-refractivity contribution in [2.75, 3.05) is 0 Å². The predicted octanol–water partition coefficient (Wildman–Crippen LogP) is 1.67. The van der Waals surface area contributed by atoms with Gasteiger partial charge in [0.05, 0.1) is 0 Å². The Morgan fingerprint density at radius 3 is 2.31 bits per heavy atom. The van der Waals surface area contributed by atoms with Crippen LogP contribution in [0, 0.1) is 11.6 Å². The third kappa shape index (κ3) is 2.85. The van der Waals surface area contributed by atoms with Crippen LogP contribution in [0.15, 0.2) is 18.2 Å². The van der Waals surface area contributed by atoms with E-state index in [0.717, 1.165) is 12.1 Å². The van der Waals surface area contributed by atoms with Crippen LogP contribution in [0.3, 0.4) is 0 Å². The Kier molecular flexibility index (Phi) is 3.71. The highest BCUT2D eigenvalue weighted by molar-refractivity contribution is 6.42. The molecule has 0 aromatic heterocycles. The molecule has 0 saturated heterocycles. The zero-order valence-electron chi connectivity index (χ0n) is 8.88. The summed E-state index contributed by atoms with van der Waals surface area (Å²) in [5, 5.41) is 2.37. The zero-order chi connectivity index (χ0) is 12.3. The van der Waals surface area contributed by atoms with Crippen LogP contribution in [0.25, 0.3) is 0 Å². The summed E-state index contributed by atoms with van der Waals surface area (Å²) in [5.74, 6) is -3.92. The van der Waals surface area contributed by atoms with Crippen LogP contribution in [0.2, 0.25) is 0 Å². The Morgan fingerprint density at radius 1 is 1.19 bits per heavy atom. The molecule has 86 valence electrons. The van der Waals surface area contributed by atoms with Crippen LogP contribution in [-0.4, -0.2) is 17.7 Å². The maximum atomic E-state index is 12.8. The monoisotopic (exact) mass is 227 g/mol. The topological polar surface area (TPSA) is 46.2 Å². The lowest BCUT2D eigenvalue weighted by molar-refractivity contribution is -0.117. The highest BCUT2D eigenvalue weighted by Crippen LogP contribution is 2.09. The van der Waals surface area contributed by atoms with E-state index in [4.69, 9.17) is 0 Å². The van der Waals surface area contributed by atoms with Gasteiger partial charge in [-0.1, -0.05) is 0 Å². The highest BCUT2D eigenvalue weighted by atomic mass is 19.2. The molecule has 3 nitrogen and oxygen atoms in total. The maximum absolute atomic E-state index is 12.8. The van der Waals surface area contributed by atoms with Crippen molar-refractivity contribution in [3.05, 3.63) is 35.4 Å². The first-order valence-corrected chi connectivity index (χ1v) is 4.72. The number of hydrogen-bond donors (Lipinski definition) is 1. The summed E-state index contributed by atoms with van der Waals surface area (Å²) in [5.41, 5.74) is -0.169. The van der Waals surface area contributed by atoms with Crippen molar-refractivity contribution in [3.63, 3.8) is 0 Å². The molecular weight excluding hydrogens is 216 g/mol. The Balaban J connectivity index is 2.88. The molecule has 0 atom stereocenters. The molecule has 0 aliphatic rings. The van der Waals surface area contributed by atoms with Crippen LogP contribution >= 0.6 is 0 Å². The van der Waals surface area contributed by atoms with Gasteiger partial charge in [-0.05, 0) is 32.0 Å². The van der Waals surface area contributed by atoms with E-state index in [1.165, 1.54) is 0 Å². The van der Waals surface area contributed by atoms with Gasteiger partial charge in [-0.15, -0.1) is 0 Å². The molecule has 0 heterocycles. The van der Waals surface area contributed by atoms with E-state index in [9.17, 15) is 18.4 Å². The number of Topliss-reactive ketones (excluding diaryl/α,β-unsaturated/α-hetero) is 1. The number of rotatable bonds is 3. The van der Waals surface area contributed by atoms with Crippen molar-refractivity contribution in [1.29, 1.82) is 0 Å². The minimum atomic E-state index is -1.15. The molecule has 1 rings (SSSR count). The Bertz CT molecular complexity index is 430. The van der Waals surface area contributed by atoms with Gasteiger partial charge < -0.3 is 5.32 Å². The molecule has 0 unspecified atom stereocenters. The van der Waals surface area contributed by atoms with E-state index < -0.39 is 23.3 Å². The summed E-state index contributed by atoms with van der Waals surface area (Å²) < 4.78 is 25.4. The summed E-state index contributed by atoms with van der Waals surface area (Å²) >= 11 is 0. The molecule has 0 saturated carbocycles. The predicted molar refractivity (Wildman–Crippen MR) is 54.0 cm³/mol. The number of halogens is 2. The summed E-state index contributed by atoms with van der Waals surface area (Å²) in [7, 11) is 0. The third-order valence-electron chi connectivity index (χ3n) is 1.81. The minimum Gasteiger partial charge on any atom is -0.347 e. The van der Waals surface area contributed by atoms with Crippen LogP contribution in [0.4, 0.5) is 8.78 Å². The number of hydrogen-bond acceptors (Lipinski definition) is 2. The second kappa shape index (κ2) is 4.83. The number of carbonyl (C=O) groups excluding carboxylic acids is 2. The van der Waals surface area contributed by atoms with Crippen LogP contribution < -0.4 is 5.32 Å². The molecule has 1 aromatic rings. The first kappa shape index (κ1) is 12.3. The largest absolute Gasteiger partial charge is 0.347 e. The average molecular weight is 227 g/mol. The van der Waals surface area contributed by atoms with E-state index in [2.05, 4.69) is 5.32 Å². The molecule has 0 aliphatic heterocycles. The third-order valence-corrected chi connectivity index (χ3v) is 1.81. The minimum absolute atomic E-state index is 0.169. The first-order valence-electron chi connectivity index (χ1n) is 4.72. The summed E-state index contributed by atoms with van der Waals surface area (Å²) in [6.07, 6.45) is 0. The zero-order valence-corrected chi connectivity index (χ0v) is 8.88. The van der Waals surface area contributed by atoms with Crippen LogP contribution in [-0.2, 0) is 4.79 Å². The molecule has 0 radical (unpaired) electrons. The van der Waals surface area contributed by atoms with Gasteiger partial charge in [-0.3, -0.25) is 9.59 Å². The maximum Gasteiger partial charge on any atom is 0.292 e. The molecule has 1 N–H and O–H groups in total. The van der Waals surface area contributed by atoms with Crippen molar-refractivity contribution in [2.45, 2.75) is 19.9 Å². The number of nitrogens with one attached hydrogen (secondary N) is 1. The highest BCUT2D eigenvalue weighted by Gasteiger charge is 2.18. The lowest BCUT2D eigenvalue weighted by atomic mass is 10.1. The molecule has 0 fully saturated rings. The van der Waals surface area contributed by atoms with Gasteiger partial charge in [0, 0.05) is 11.6 Å². The molecule has 0 spiro atoms. The number of carbonyl (C=O) groups is 2. The fourth-order valence-corrected chi connectivity index (χ4v) is 1.10. The molecule has 0 bridgehead atoms. The van der Waals surface area contributed by atoms with Gasteiger partial charge in [-0.2, -0.15) is 0 Å². The van der Waals surface area contributed by atoms with Gasteiger partial charge in [0.25, 0.3) is 5.91 Å². The van der Waals surface area contributed by atoms with Crippen LogP contribution in [0.1, 0.15) is 24.2 Å². The van der Waals surface area contributed by atoms with Crippen molar-refractivity contribution in [3.8, 4) is 0 Å². The lowest BCUT2D eigenvalue weighted by Gasteiger charge is -2.07. The Labute approximate surface area is 91.5 Å². The quantitative estimate of drug-likeness (QED) is 0.630. The number of ketones is 1. The molecule has 5 heteroatoms. The molecule has 0 aliphatic carbocycles. The lowest BCUT2D eigenvalue weighted by Crippen LogP contribution is -2.36. The fraction of sp³-hybridized carbons (Fsp3) is 0.273. The number of amides is 1. The molecular formula is C11H11F2NO2. The molecule has 1 amide bonds. The van der Waals surface area contributed by atoms with E-state index in [1.54, 1.807) is 13.8 Å². The molecule has 16 heavy (non-hydrogen) atoms. The van der Waals surface area contributed by atoms with Gasteiger partial charge in [0.1, 0.15) is 0 Å². The standard InChI is InChI=1S/C11H11F2NO2/c1-6(2)14-11(16)10(15)7-3-4-8(12)9(13)5-7/h3-6H,1-2H3,(H,14,16). The SMILES string of the molecule is CC(C)NC(=O)C(=O)c1ccc(F)c(F)c1. The van der Waals surface area contributed by atoms with Gasteiger partial charge in [0.2, 0.25) is 5.78 Å². The average Bonchev–Trinajstić information content (AvgIpc) is 2.20. The van der Waals surface area contributed by atoms with Crippen LogP contribution in [0.5, 0.6) is 0 Å². The number of benzene rings is 1. The molecule has 1 aromatic carbocycles. The van der Waals surface area contributed by atoms with E-state index in [0.29, 0.717) is 6.07 Å². The van der Waals surface area contributed by atoms with Crippen molar-refractivity contribution < 1.29 is 18.4 Å². The van der Waals surface area contributed by atoms with Crippen molar-refractivity contribution in [2.24, 2.45) is 0 Å². The second-order valence-corrected chi connectivity index (χ2v) is 3.59. The van der Waals surface area contributed by atoms with E-state index >= 15 is 0 Å². The van der Waals surface area contributed by atoms with Gasteiger partial charge in [-0.25, -0.2) is 8.78 Å². The summed E-state index contributed by atoms with van der Waals surface area (Å²) in [6, 6.07) is 2.39. The first-order chi connectivity index (χ1) is 7.41. The normalized spacial score (nSPS) is 10.3. The Morgan fingerprint density at radius 2 is 1.81 bits per heavy atom. The van der Waals surface area contributed by atoms with Gasteiger partial charge in [0.15, 0.2) is 11.6 Å². The van der Waals surface area contributed by atoms with E-state index in [-0.39, 0.29) is 11.6 Å². The second-order valence-electron chi connectivity index (χ2n) is 3.59. The van der Waals surface area contributed by atoms with E-state index in [1.807, 2.05) is 0 Å². The van der Waals surface area contributed by atoms with Gasteiger partial charge >= 0.3 is 0 Å².